The van der Waals surface area contributed by atoms with E-state index in [1.165, 1.54) is 10.4 Å². The second kappa shape index (κ2) is 8.57. The first-order valence-electron chi connectivity index (χ1n) is 7.97. The number of benzene rings is 1. The largest absolute Gasteiger partial charge is 0.467 e. The molecule has 0 aliphatic rings. The summed E-state index contributed by atoms with van der Waals surface area (Å²) < 4.78 is 5.03. The van der Waals surface area contributed by atoms with Crippen LogP contribution in [0.1, 0.15) is 16.0 Å². The normalized spacial score (nSPS) is 10.9. The summed E-state index contributed by atoms with van der Waals surface area (Å²) in [6.45, 7) is 2.76. The third-order valence-electron chi connectivity index (χ3n) is 3.79. The molecule has 3 aromatic rings. The fourth-order valence-electron chi connectivity index (χ4n) is 2.56. The van der Waals surface area contributed by atoms with Crippen molar-refractivity contribution < 1.29 is 4.74 Å². The van der Waals surface area contributed by atoms with Crippen LogP contribution in [0.5, 0.6) is 6.01 Å². The zero-order valence-electron chi connectivity index (χ0n) is 13.8. The molecule has 0 unspecified atom stereocenters. The Balaban J connectivity index is 1.66. The van der Waals surface area contributed by atoms with Crippen LogP contribution < -0.4 is 4.74 Å². The van der Waals surface area contributed by atoms with E-state index in [2.05, 4.69) is 62.7 Å². The molecule has 0 fully saturated rings. The van der Waals surface area contributed by atoms with Gasteiger partial charge in [0.2, 0.25) is 0 Å². The molecule has 2 aromatic heterocycles. The second-order valence-electron chi connectivity index (χ2n) is 5.60. The molecule has 0 aliphatic carbocycles. The lowest BCUT2D eigenvalue weighted by molar-refractivity contribution is 0.261. The number of thiophene rings is 1. The fourth-order valence-corrected chi connectivity index (χ4v) is 3.30. The second-order valence-corrected chi connectivity index (χ2v) is 6.64. The van der Waals surface area contributed by atoms with Crippen LogP contribution in [-0.4, -0.2) is 28.5 Å². The van der Waals surface area contributed by atoms with E-state index in [-0.39, 0.29) is 0 Å². The molecule has 4 nitrogen and oxygen atoms in total. The number of nitrogens with zero attached hydrogens (tertiary/aromatic N) is 3. The monoisotopic (exact) mass is 339 g/mol. The van der Waals surface area contributed by atoms with Gasteiger partial charge in [-0.25, -0.2) is 9.97 Å². The van der Waals surface area contributed by atoms with Gasteiger partial charge >= 0.3 is 6.01 Å². The van der Waals surface area contributed by atoms with Crippen molar-refractivity contribution in [1.82, 2.24) is 14.9 Å². The topological polar surface area (TPSA) is 38.2 Å². The van der Waals surface area contributed by atoms with Crippen molar-refractivity contribution in [2.24, 2.45) is 0 Å². The molecular weight excluding hydrogens is 318 g/mol. The van der Waals surface area contributed by atoms with Crippen LogP contribution in [0.4, 0.5) is 0 Å². The Bertz CT molecular complexity index is 714. The van der Waals surface area contributed by atoms with Gasteiger partial charge in [-0.05, 0) is 23.4 Å². The molecule has 24 heavy (non-hydrogen) atoms. The molecule has 0 amide bonds. The summed E-state index contributed by atoms with van der Waals surface area (Å²) in [7, 11) is 1.58. The summed E-state index contributed by atoms with van der Waals surface area (Å²) in [5.74, 6) is 0. The highest BCUT2D eigenvalue weighted by Gasteiger charge is 2.09. The van der Waals surface area contributed by atoms with Crippen molar-refractivity contribution in [3.05, 3.63) is 76.2 Å². The molecule has 0 saturated carbocycles. The van der Waals surface area contributed by atoms with E-state index in [1.807, 2.05) is 12.4 Å². The van der Waals surface area contributed by atoms with Crippen LogP contribution >= 0.6 is 11.3 Å². The van der Waals surface area contributed by atoms with Crippen LogP contribution in [0, 0.1) is 0 Å². The van der Waals surface area contributed by atoms with Crippen molar-refractivity contribution in [3.8, 4) is 6.01 Å². The molecule has 0 saturated heterocycles. The Morgan fingerprint density at radius 3 is 2.42 bits per heavy atom. The number of hydrogen-bond donors (Lipinski definition) is 0. The van der Waals surface area contributed by atoms with Crippen molar-refractivity contribution in [3.63, 3.8) is 0 Å². The van der Waals surface area contributed by atoms with Crippen LogP contribution in [-0.2, 0) is 19.5 Å². The summed E-state index contributed by atoms with van der Waals surface area (Å²) in [4.78, 5) is 12.2. The highest BCUT2D eigenvalue weighted by atomic mass is 32.1. The summed E-state index contributed by atoms with van der Waals surface area (Å²) in [6, 6.07) is 15.3. The number of ether oxygens (including phenoxy) is 1. The first-order chi connectivity index (χ1) is 11.8. The van der Waals surface area contributed by atoms with E-state index in [1.54, 1.807) is 18.4 Å². The lowest BCUT2D eigenvalue weighted by atomic mass is 10.1. The number of hydrogen-bond acceptors (Lipinski definition) is 5. The van der Waals surface area contributed by atoms with E-state index in [4.69, 9.17) is 4.74 Å². The highest BCUT2D eigenvalue weighted by Crippen LogP contribution is 2.15. The molecule has 0 atom stereocenters. The maximum absolute atomic E-state index is 5.03. The van der Waals surface area contributed by atoms with Crippen LogP contribution in [0.25, 0.3) is 0 Å². The van der Waals surface area contributed by atoms with E-state index in [0.29, 0.717) is 6.01 Å². The van der Waals surface area contributed by atoms with Crippen molar-refractivity contribution in [2.45, 2.75) is 19.5 Å². The molecule has 0 spiro atoms. The Morgan fingerprint density at radius 1 is 0.958 bits per heavy atom. The number of rotatable bonds is 8. The van der Waals surface area contributed by atoms with Crippen LogP contribution in [0.15, 0.2) is 60.2 Å². The Labute approximate surface area is 146 Å². The molecule has 3 rings (SSSR count). The highest BCUT2D eigenvalue weighted by molar-refractivity contribution is 7.09. The summed E-state index contributed by atoms with van der Waals surface area (Å²) >= 11 is 1.80. The average molecular weight is 339 g/mol. The van der Waals surface area contributed by atoms with Gasteiger partial charge in [-0.3, -0.25) is 4.90 Å². The Morgan fingerprint density at radius 2 is 1.75 bits per heavy atom. The lowest BCUT2D eigenvalue weighted by Gasteiger charge is -2.21. The van der Waals surface area contributed by atoms with E-state index in [0.717, 1.165) is 31.6 Å². The van der Waals surface area contributed by atoms with Gasteiger partial charge in [0.05, 0.1) is 7.11 Å². The van der Waals surface area contributed by atoms with Gasteiger partial charge in [0.15, 0.2) is 0 Å². The molecule has 124 valence electrons. The van der Waals surface area contributed by atoms with Gasteiger partial charge in [0, 0.05) is 42.5 Å². The quantitative estimate of drug-likeness (QED) is 0.626. The first-order valence-corrected chi connectivity index (χ1v) is 8.85. The van der Waals surface area contributed by atoms with Gasteiger partial charge in [-0.15, -0.1) is 11.3 Å². The van der Waals surface area contributed by atoms with Crippen molar-refractivity contribution in [1.29, 1.82) is 0 Å². The summed E-state index contributed by atoms with van der Waals surface area (Å²) in [6.07, 6.45) is 4.72. The van der Waals surface area contributed by atoms with Gasteiger partial charge in [-0.1, -0.05) is 36.4 Å². The third-order valence-corrected chi connectivity index (χ3v) is 4.65. The van der Waals surface area contributed by atoms with E-state index in [9.17, 15) is 0 Å². The smallest absolute Gasteiger partial charge is 0.316 e. The molecule has 0 radical (unpaired) electrons. The van der Waals surface area contributed by atoms with Crippen molar-refractivity contribution >= 4 is 11.3 Å². The molecule has 5 heteroatoms. The fraction of sp³-hybridized carbons (Fsp3) is 0.263. The van der Waals surface area contributed by atoms with Crippen LogP contribution in [0.2, 0.25) is 0 Å². The lowest BCUT2D eigenvalue weighted by Crippen LogP contribution is -2.25. The zero-order chi connectivity index (χ0) is 16.6. The average Bonchev–Trinajstić information content (AvgIpc) is 3.14. The molecule has 0 aliphatic heterocycles. The maximum Gasteiger partial charge on any atom is 0.316 e. The van der Waals surface area contributed by atoms with Crippen molar-refractivity contribution in [2.75, 3.05) is 13.7 Å². The Kier molecular flexibility index (Phi) is 5.93. The SMILES string of the molecule is COc1ncc(CN(CCc2ccccc2)Cc2cccs2)cn1. The molecule has 0 bridgehead atoms. The molecule has 2 heterocycles. The predicted molar refractivity (Wildman–Crippen MR) is 97.2 cm³/mol. The third kappa shape index (κ3) is 4.88. The minimum absolute atomic E-state index is 0.410. The first kappa shape index (κ1) is 16.6. The zero-order valence-corrected chi connectivity index (χ0v) is 14.6. The minimum atomic E-state index is 0.410. The minimum Gasteiger partial charge on any atom is -0.467 e. The molecule has 0 N–H and O–H groups in total. The van der Waals surface area contributed by atoms with E-state index < -0.39 is 0 Å². The predicted octanol–water partition coefficient (Wildman–Crippen LogP) is 3.79. The number of aromatic nitrogens is 2. The summed E-state index contributed by atoms with van der Waals surface area (Å²) in [5, 5.41) is 2.13. The molecule has 1 aromatic carbocycles. The van der Waals surface area contributed by atoms with Gasteiger partial charge in [0.1, 0.15) is 0 Å². The van der Waals surface area contributed by atoms with Gasteiger partial charge in [-0.2, -0.15) is 0 Å². The standard InChI is InChI=1S/C19H21N3OS/c1-23-19-20-12-17(13-21-19)14-22(15-18-8-5-11-24-18)10-9-16-6-3-2-4-7-16/h2-8,11-13H,9-10,14-15H2,1H3. The van der Waals surface area contributed by atoms with Crippen LogP contribution in [0.3, 0.4) is 0 Å². The maximum atomic E-state index is 5.03. The van der Waals surface area contributed by atoms with Gasteiger partial charge < -0.3 is 4.74 Å². The number of methoxy groups -OCH3 is 1. The molecular formula is C19H21N3OS. The van der Waals surface area contributed by atoms with Gasteiger partial charge in [0.25, 0.3) is 0 Å². The van der Waals surface area contributed by atoms with E-state index >= 15 is 0 Å². The summed E-state index contributed by atoms with van der Waals surface area (Å²) in [5.41, 5.74) is 2.46. The Hall–Kier alpha value is -2.24.